The standard InChI is InChI=1S/C90H102Br2O18/c1-95-55-103-83(37-41-85(42-38-83,105-57-97-3)69-19-23-71(24-20-69)87(107-59-99-5)45-49-89(50-46-87,109-61-101-7)73-27-31-75(91)32-28-73)67-15-9-63(10-16-67)65-13-35-77-79(53-65)81(93)78-36-14-66(54-80(78)82(77)94)64-11-17-68(18-12-64)84(104-56-96-2)39-43-86(44-40-84,106-58-98-4)70-21-25-72(26-22-70)88(108-60-100-6)47-51-90(52-48-88,110-62-102-8)74-29-33-76(92)34-30-74/h9-36,53-54H,37-52,55-62H2,1-8H3. The number of carbonyl (C=O) groups is 2. The van der Waals surface area contributed by atoms with Crippen LogP contribution < -0.4 is 0 Å². The Morgan fingerprint density at radius 1 is 0.218 bits per heavy atom. The lowest BCUT2D eigenvalue weighted by Crippen LogP contribution is -2.44. The number of fused-ring (bicyclic) bond motifs is 2. The van der Waals surface area contributed by atoms with Crippen LogP contribution in [0.1, 0.15) is 179 Å². The van der Waals surface area contributed by atoms with E-state index < -0.39 is 44.8 Å². The topological polar surface area (TPSA) is 182 Å². The molecule has 110 heavy (non-hydrogen) atoms. The van der Waals surface area contributed by atoms with E-state index in [9.17, 15) is 9.59 Å². The number of hydrogen-bond acceptors (Lipinski definition) is 18. The van der Waals surface area contributed by atoms with Gasteiger partial charge in [0.15, 0.2) is 11.6 Å². The van der Waals surface area contributed by atoms with Crippen LogP contribution in [0.2, 0.25) is 0 Å². The zero-order valence-corrected chi connectivity index (χ0v) is 67.6. The van der Waals surface area contributed by atoms with Gasteiger partial charge in [-0.3, -0.25) is 9.59 Å². The molecule has 0 unspecified atom stereocenters. The summed E-state index contributed by atoms with van der Waals surface area (Å²) in [5.74, 6) is -0.404. The van der Waals surface area contributed by atoms with Crippen molar-refractivity contribution in [2.24, 2.45) is 0 Å². The molecule has 8 aromatic rings. The summed E-state index contributed by atoms with van der Waals surface area (Å²) in [4.78, 5) is 29.3. The molecule has 5 aliphatic carbocycles. The van der Waals surface area contributed by atoms with Gasteiger partial charge in [0.25, 0.3) is 0 Å². The number of methoxy groups -OCH3 is 8. The van der Waals surface area contributed by atoms with E-state index in [-0.39, 0.29) is 65.9 Å². The second-order valence-electron chi connectivity index (χ2n) is 29.9. The second-order valence-corrected chi connectivity index (χ2v) is 31.7. The lowest BCUT2D eigenvalue weighted by atomic mass is 9.68. The maximum atomic E-state index is 14.6. The predicted molar refractivity (Wildman–Crippen MR) is 423 cm³/mol. The van der Waals surface area contributed by atoms with Crippen molar-refractivity contribution in [3.05, 3.63) is 258 Å². The molecule has 0 bridgehead atoms. The van der Waals surface area contributed by atoms with Crippen LogP contribution in [0.25, 0.3) is 22.3 Å². The van der Waals surface area contributed by atoms with E-state index >= 15 is 0 Å². The predicted octanol–water partition coefficient (Wildman–Crippen LogP) is 18.9. The number of carbonyl (C=O) groups excluding carboxylic acids is 2. The first-order chi connectivity index (χ1) is 53.5. The summed E-state index contributed by atoms with van der Waals surface area (Å²) in [6.45, 7) is 1.07. The minimum Gasteiger partial charge on any atom is -0.359 e. The van der Waals surface area contributed by atoms with Crippen LogP contribution in [0, 0.1) is 0 Å². The van der Waals surface area contributed by atoms with E-state index in [1.165, 1.54) is 0 Å². The summed E-state index contributed by atoms with van der Waals surface area (Å²) in [6, 6.07) is 61.9. The van der Waals surface area contributed by atoms with Crippen LogP contribution in [-0.2, 0) is 121 Å². The summed E-state index contributed by atoms with van der Waals surface area (Å²) in [5.41, 5.74) is 8.23. The molecule has 0 radical (unpaired) electrons. The van der Waals surface area contributed by atoms with E-state index in [0.717, 1.165) is 75.7 Å². The summed E-state index contributed by atoms with van der Waals surface area (Å²) >= 11 is 7.20. The van der Waals surface area contributed by atoms with Crippen molar-refractivity contribution >= 4 is 43.4 Å². The minimum absolute atomic E-state index is 0.0964. The molecule has 0 heterocycles. The molecule has 8 aromatic carbocycles. The van der Waals surface area contributed by atoms with Crippen LogP contribution in [0.15, 0.2) is 191 Å². The molecule has 584 valence electrons. The quantitative estimate of drug-likeness (QED) is 0.0347. The van der Waals surface area contributed by atoms with Gasteiger partial charge >= 0.3 is 0 Å². The third-order valence-electron chi connectivity index (χ3n) is 24.2. The number of hydrogen-bond donors (Lipinski definition) is 0. The van der Waals surface area contributed by atoms with Crippen molar-refractivity contribution in [3.8, 4) is 22.3 Å². The van der Waals surface area contributed by atoms with Crippen molar-refractivity contribution in [3.63, 3.8) is 0 Å². The van der Waals surface area contributed by atoms with Gasteiger partial charge in [0.1, 0.15) is 54.3 Å². The van der Waals surface area contributed by atoms with Gasteiger partial charge in [-0.2, -0.15) is 0 Å². The highest BCUT2D eigenvalue weighted by molar-refractivity contribution is 9.10. The van der Waals surface area contributed by atoms with Crippen LogP contribution in [0.5, 0.6) is 0 Å². The van der Waals surface area contributed by atoms with Crippen LogP contribution in [0.4, 0.5) is 0 Å². The van der Waals surface area contributed by atoms with Crippen molar-refractivity contribution in [1.29, 1.82) is 0 Å². The first-order valence-electron chi connectivity index (χ1n) is 37.9. The zero-order chi connectivity index (χ0) is 77.0. The second kappa shape index (κ2) is 35.9. The molecule has 0 saturated heterocycles. The third kappa shape index (κ3) is 16.7. The number of ether oxygens (including phenoxy) is 16. The van der Waals surface area contributed by atoms with Crippen molar-refractivity contribution < 1.29 is 85.4 Å². The van der Waals surface area contributed by atoms with Crippen molar-refractivity contribution in [2.45, 2.75) is 148 Å². The molecule has 13 rings (SSSR count). The molecule has 0 aromatic heterocycles. The van der Waals surface area contributed by atoms with Crippen LogP contribution in [-0.4, -0.2) is 123 Å². The van der Waals surface area contributed by atoms with E-state index in [2.05, 4.69) is 177 Å². The smallest absolute Gasteiger partial charge is 0.194 e. The molecule has 0 atom stereocenters. The fourth-order valence-electron chi connectivity index (χ4n) is 17.8. The summed E-state index contributed by atoms with van der Waals surface area (Å²) in [6.07, 6.45) is 10.7. The fraction of sp³-hybridized carbons (Fsp3) is 0.444. The monoisotopic (exact) mass is 1630 g/mol. The Labute approximate surface area is 663 Å². The number of halogens is 2. The molecule has 4 saturated carbocycles. The number of benzene rings is 8. The fourth-order valence-corrected chi connectivity index (χ4v) is 18.4. The first kappa shape index (κ1) is 81.4. The first-order valence-corrected chi connectivity index (χ1v) is 39.5. The molecule has 0 amide bonds. The molecule has 20 heteroatoms. The van der Waals surface area contributed by atoms with Gasteiger partial charge in [-0.25, -0.2) is 0 Å². The summed E-state index contributed by atoms with van der Waals surface area (Å²) in [5, 5.41) is 0. The van der Waals surface area contributed by atoms with Gasteiger partial charge in [-0.1, -0.05) is 165 Å². The van der Waals surface area contributed by atoms with Gasteiger partial charge in [-0.15, -0.1) is 0 Å². The molecular weight excluding hydrogens is 1530 g/mol. The van der Waals surface area contributed by atoms with Gasteiger partial charge in [0.05, 0.1) is 44.8 Å². The van der Waals surface area contributed by atoms with Crippen LogP contribution >= 0.6 is 31.9 Å². The van der Waals surface area contributed by atoms with Crippen molar-refractivity contribution in [1.82, 2.24) is 0 Å². The normalized spacial score (nSPS) is 26.2. The van der Waals surface area contributed by atoms with E-state index in [1.54, 1.807) is 69.0 Å². The summed E-state index contributed by atoms with van der Waals surface area (Å²) < 4.78 is 99.7. The lowest BCUT2D eigenvalue weighted by Gasteiger charge is -2.47. The Kier molecular flexibility index (Phi) is 26.5. The Balaban J connectivity index is 0.680. The van der Waals surface area contributed by atoms with Gasteiger partial charge in [0, 0.05) is 88.1 Å². The van der Waals surface area contributed by atoms with Gasteiger partial charge in [-0.05, 0) is 218 Å². The Bertz CT molecular complexity index is 4070. The largest absolute Gasteiger partial charge is 0.359 e. The Morgan fingerprint density at radius 2 is 0.373 bits per heavy atom. The number of rotatable bonds is 34. The highest BCUT2D eigenvalue weighted by Crippen LogP contribution is 2.56. The van der Waals surface area contributed by atoms with Crippen LogP contribution in [0.3, 0.4) is 0 Å². The van der Waals surface area contributed by atoms with Crippen molar-refractivity contribution in [2.75, 3.05) is 111 Å². The molecule has 0 N–H and O–H groups in total. The maximum Gasteiger partial charge on any atom is 0.194 e. The molecule has 5 aliphatic rings. The SMILES string of the molecule is COCOC1(c2ccc(Br)cc2)CCC(OCOC)(c2ccc(C3(OCOC)CCC(OCOC)(c4ccc(-c5ccc6c(c5)C(=O)c5ccc(-c7ccc(C8(OCOC)CCC(OCOC)(c9ccc(C%10(OCOC)CCC(OCOC)(c%11ccc(Br)cc%11)CC%10)cc9)CC8)cc7)cc5C6=O)cc4)CC3)cc2)CC1. The molecule has 18 nitrogen and oxygen atoms in total. The average Bonchev–Trinajstić information content (AvgIpc) is 0.760. The number of ketones is 2. The van der Waals surface area contributed by atoms with Gasteiger partial charge in [0.2, 0.25) is 0 Å². The minimum atomic E-state index is -0.703. The zero-order valence-electron chi connectivity index (χ0n) is 64.4. The Morgan fingerprint density at radius 3 is 0.545 bits per heavy atom. The third-order valence-corrected chi connectivity index (χ3v) is 25.3. The Hall–Kier alpha value is -6.58. The average molecular weight is 1630 g/mol. The van der Waals surface area contributed by atoms with E-state index in [4.69, 9.17) is 75.8 Å². The molecular formula is C90H102Br2O18. The maximum absolute atomic E-state index is 14.6. The molecule has 0 spiro atoms. The highest BCUT2D eigenvalue weighted by atomic mass is 79.9. The van der Waals surface area contributed by atoms with E-state index in [1.807, 2.05) is 24.3 Å². The summed E-state index contributed by atoms with van der Waals surface area (Å²) in [7, 11) is 13.2. The van der Waals surface area contributed by atoms with Gasteiger partial charge < -0.3 is 75.8 Å². The molecule has 0 aliphatic heterocycles. The highest BCUT2D eigenvalue weighted by Gasteiger charge is 2.52. The van der Waals surface area contributed by atoms with E-state index in [0.29, 0.717) is 125 Å². The lowest BCUT2D eigenvalue weighted by molar-refractivity contribution is -0.204. The molecule has 4 fully saturated rings.